The molecule has 8 heteroatoms. The van der Waals surface area contributed by atoms with Gasteiger partial charge in [-0.15, -0.1) is 0 Å². The predicted octanol–water partition coefficient (Wildman–Crippen LogP) is 4.71. The number of nitrogens with one attached hydrogen (secondary N) is 2. The zero-order valence-corrected chi connectivity index (χ0v) is 16.6. The Hall–Kier alpha value is -3.26. The summed E-state index contributed by atoms with van der Waals surface area (Å²) in [6.45, 7) is 1.73. The predicted molar refractivity (Wildman–Crippen MR) is 112 cm³/mol. The number of aliphatic hydroxyl groups excluding tert-OH is 1. The van der Waals surface area contributed by atoms with Gasteiger partial charge in [0, 0.05) is 41.9 Å². The van der Waals surface area contributed by atoms with Gasteiger partial charge in [0.2, 0.25) is 0 Å². The molecule has 0 radical (unpaired) electrons. The molecule has 156 valence electrons. The van der Waals surface area contributed by atoms with Crippen LogP contribution >= 0.6 is 0 Å². The van der Waals surface area contributed by atoms with Crippen molar-refractivity contribution in [2.24, 2.45) is 0 Å². The number of aromatic amines is 1. The lowest BCUT2D eigenvalue weighted by molar-refractivity contribution is -0.384. The molecule has 1 heterocycles. The molecule has 7 nitrogen and oxygen atoms in total. The van der Waals surface area contributed by atoms with Gasteiger partial charge in [0.15, 0.2) is 0 Å². The van der Waals surface area contributed by atoms with Crippen molar-refractivity contribution < 1.29 is 14.4 Å². The van der Waals surface area contributed by atoms with Gasteiger partial charge in [-0.25, -0.2) is 4.39 Å². The van der Waals surface area contributed by atoms with E-state index < -0.39 is 4.92 Å². The van der Waals surface area contributed by atoms with Crippen LogP contribution in [0.4, 0.5) is 15.8 Å². The normalized spacial score (nSPS) is 14.5. The molecule has 1 saturated carbocycles. The first kappa shape index (κ1) is 20.0. The summed E-state index contributed by atoms with van der Waals surface area (Å²) in [5.41, 5.74) is 3.86. The van der Waals surface area contributed by atoms with Gasteiger partial charge in [-0.2, -0.15) is 5.10 Å². The number of rotatable bonds is 8. The van der Waals surface area contributed by atoms with Crippen molar-refractivity contribution in [1.29, 1.82) is 0 Å². The van der Waals surface area contributed by atoms with E-state index in [9.17, 15) is 19.6 Å². The molecule has 2 aromatic carbocycles. The molecule has 0 saturated heterocycles. The first-order chi connectivity index (χ1) is 14.5. The van der Waals surface area contributed by atoms with E-state index in [1.165, 1.54) is 12.1 Å². The first-order valence-electron chi connectivity index (χ1n) is 9.96. The second-order valence-corrected chi connectivity index (χ2v) is 7.66. The van der Waals surface area contributed by atoms with Gasteiger partial charge in [-0.1, -0.05) is 12.1 Å². The Morgan fingerprint density at radius 1 is 1.30 bits per heavy atom. The van der Waals surface area contributed by atoms with E-state index in [0.717, 1.165) is 24.1 Å². The van der Waals surface area contributed by atoms with Gasteiger partial charge in [0.05, 0.1) is 16.2 Å². The molecule has 1 aliphatic rings. The number of nitrogens with zero attached hydrogens (tertiary/aromatic N) is 2. The summed E-state index contributed by atoms with van der Waals surface area (Å²) in [5.74, 6) is 0.140. The number of hydrogen-bond donors (Lipinski definition) is 3. The molecule has 3 N–H and O–H groups in total. The standard InChI is InChI=1S/C22H23FN4O3/c1-13(14-4-6-17(23)7-5-14)24-18-10-16(8-9-28)22(27(29)30)19(11-18)21-12-20(25-26-21)15-2-3-15/h4-7,10-13,15,24,28H,2-3,8-9H2,1H3,(H,25,26). The highest BCUT2D eigenvalue weighted by molar-refractivity contribution is 5.78. The second kappa shape index (κ2) is 8.23. The zero-order valence-electron chi connectivity index (χ0n) is 16.6. The van der Waals surface area contributed by atoms with E-state index >= 15 is 0 Å². The van der Waals surface area contributed by atoms with Gasteiger partial charge in [0.1, 0.15) is 5.82 Å². The molecule has 30 heavy (non-hydrogen) atoms. The fourth-order valence-corrected chi connectivity index (χ4v) is 3.66. The maximum absolute atomic E-state index is 13.2. The Morgan fingerprint density at radius 2 is 2.03 bits per heavy atom. The van der Waals surface area contributed by atoms with Gasteiger partial charge in [0.25, 0.3) is 5.69 Å². The molecule has 1 atom stereocenters. The maximum atomic E-state index is 13.2. The molecule has 0 spiro atoms. The minimum atomic E-state index is -0.418. The number of hydrogen-bond acceptors (Lipinski definition) is 5. The Bertz CT molecular complexity index is 1060. The summed E-state index contributed by atoms with van der Waals surface area (Å²) >= 11 is 0. The highest BCUT2D eigenvalue weighted by Crippen LogP contribution is 2.42. The summed E-state index contributed by atoms with van der Waals surface area (Å²) in [6.07, 6.45) is 2.34. The Labute approximate surface area is 173 Å². The molecule has 1 aromatic heterocycles. The molecule has 1 unspecified atom stereocenters. The van der Waals surface area contributed by atoms with Crippen LogP contribution < -0.4 is 5.32 Å². The third kappa shape index (κ3) is 4.18. The van der Waals surface area contributed by atoms with Gasteiger partial charge in [-0.05, 0) is 55.7 Å². The van der Waals surface area contributed by atoms with Crippen molar-refractivity contribution in [2.75, 3.05) is 11.9 Å². The Kier molecular flexibility index (Phi) is 5.50. The summed E-state index contributed by atoms with van der Waals surface area (Å²) in [5, 5.41) is 32.0. The van der Waals surface area contributed by atoms with E-state index in [4.69, 9.17) is 0 Å². The lowest BCUT2D eigenvalue weighted by Crippen LogP contribution is -2.09. The van der Waals surface area contributed by atoms with Crippen LogP contribution in [0.5, 0.6) is 0 Å². The molecule has 3 aromatic rings. The van der Waals surface area contributed by atoms with Crippen LogP contribution in [0.1, 0.15) is 48.5 Å². The van der Waals surface area contributed by atoms with Crippen molar-refractivity contribution in [3.8, 4) is 11.3 Å². The van der Waals surface area contributed by atoms with Crippen molar-refractivity contribution in [3.63, 3.8) is 0 Å². The van der Waals surface area contributed by atoms with Gasteiger partial charge in [-0.3, -0.25) is 15.2 Å². The molecule has 4 rings (SSSR count). The monoisotopic (exact) mass is 410 g/mol. The molecular formula is C22H23FN4O3. The average molecular weight is 410 g/mol. The number of aromatic nitrogens is 2. The van der Waals surface area contributed by atoms with Crippen LogP contribution in [0.3, 0.4) is 0 Å². The number of H-pyrrole nitrogens is 1. The lowest BCUT2D eigenvalue weighted by Gasteiger charge is -2.18. The number of halogens is 1. The number of benzene rings is 2. The third-order valence-electron chi connectivity index (χ3n) is 5.40. The largest absolute Gasteiger partial charge is 0.396 e. The zero-order chi connectivity index (χ0) is 21.3. The average Bonchev–Trinajstić information content (AvgIpc) is 3.45. The molecule has 0 aliphatic heterocycles. The van der Waals surface area contributed by atoms with Crippen LogP contribution in [-0.2, 0) is 6.42 Å². The van der Waals surface area contributed by atoms with E-state index in [1.807, 2.05) is 13.0 Å². The molecule has 1 fully saturated rings. The lowest BCUT2D eigenvalue weighted by atomic mass is 9.99. The van der Waals surface area contributed by atoms with E-state index in [-0.39, 0.29) is 30.6 Å². The maximum Gasteiger partial charge on any atom is 0.282 e. The van der Waals surface area contributed by atoms with Crippen molar-refractivity contribution in [3.05, 3.63) is 75.2 Å². The summed E-state index contributed by atoms with van der Waals surface area (Å²) in [4.78, 5) is 11.4. The van der Waals surface area contributed by atoms with Gasteiger partial charge >= 0.3 is 0 Å². The minimum absolute atomic E-state index is 0.0436. The topological polar surface area (TPSA) is 104 Å². The van der Waals surface area contributed by atoms with Crippen LogP contribution in [0, 0.1) is 15.9 Å². The van der Waals surface area contributed by atoms with Crippen molar-refractivity contribution >= 4 is 11.4 Å². The number of nitro groups is 1. The number of anilines is 1. The Morgan fingerprint density at radius 3 is 2.67 bits per heavy atom. The third-order valence-corrected chi connectivity index (χ3v) is 5.40. The van der Waals surface area contributed by atoms with E-state index in [2.05, 4.69) is 15.5 Å². The summed E-state index contributed by atoms with van der Waals surface area (Å²) in [7, 11) is 0. The smallest absolute Gasteiger partial charge is 0.282 e. The van der Waals surface area contributed by atoms with Crippen LogP contribution in [-0.4, -0.2) is 26.8 Å². The van der Waals surface area contributed by atoms with Crippen molar-refractivity contribution in [1.82, 2.24) is 10.2 Å². The first-order valence-corrected chi connectivity index (χ1v) is 9.96. The highest BCUT2D eigenvalue weighted by Gasteiger charge is 2.28. The SMILES string of the molecule is CC(Nc1cc(CCO)c([N+](=O)[O-])c(-c2cc(C3CC3)[nH]n2)c1)c1ccc(F)cc1. The summed E-state index contributed by atoms with van der Waals surface area (Å²) in [6, 6.07) is 11.3. The highest BCUT2D eigenvalue weighted by atomic mass is 19.1. The van der Waals surface area contributed by atoms with Crippen LogP contribution in [0.25, 0.3) is 11.3 Å². The quantitative estimate of drug-likeness (QED) is 0.369. The fraction of sp³-hybridized carbons (Fsp3) is 0.318. The molecule has 0 bridgehead atoms. The van der Waals surface area contributed by atoms with Gasteiger partial charge < -0.3 is 10.4 Å². The molecule has 0 amide bonds. The molecular weight excluding hydrogens is 387 g/mol. The van der Waals surface area contributed by atoms with Crippen LogP contribution in [0.2, 0.25) is 0 Å². The molecule has 1 aliphatic carbocycles. The second-order valence-electron chi connectivity index (χ2n) is 7.66. The number of aliphatic hydroxyl groups is 1. The fourth-order valence-electron chi connectivity index (χ4n) is 3.66. The van der Waals surface area contributed by atoms with E-state index in [0.29, 0.717) is 28.4 Å². The Balaban J connectivity index is 1.73. The number of nitro benzene ring substituents is 1. The van der Waals surface area contributed by atoms with Crippen LogP contribution in [0.15, 0.2) is 42.5 Å². The minimum Gasteiger partial charge on any atom is -0.396 e. The summed E-state index contributed by atoms with van der Waals surface area (Å²) < 4.78 is 13.2. The van der Waals surface area contributed by atoms with E-state index in [1.54, 1.807) is 24.3 Å². The van der Waals surface area contributed by atoms with Crippen molar-refractivity contribution in [2.45, 2.75) is 38.1 Å².